The van der Waals surface area contributed by atoms with E-state index in [1.54, 1.807) is 19.1 Å². The van der Waals surface area contributed by atoms with Gasteiger partial charge in [0.1, 0.15) is 12.3 Å². The molecule has 4 aromatic rings. The van der Waals surface area contributed by atoms with Crippen LogP contribution >= 0.6 is 0 Å². The van der Waals surface area contributed by atoms with Crippen LogP contribution in [0.25, 0.3) is 10.9 Å². The van der Waals surface area contributed by atoms with Gasteiger partial charge >= 0.3 is 6.03 Å². The maximum Gasteiger partial charge on any atom is 0.322 e. The monoisotopic (exact) mass is 598 g/mol. The van der Waals surface area contributed by atoms with Crippen LogP contribution in [-0.2, 0) is 22.5 Å². The van der Waals surface area contributed by atoms with E-state index in [9.17, 15) is 9.59 Å². The Labute approximate surface area is 261 Å². The third-order valence-corrected chi connectivity index (χ3v) is 8.02. The van der Waals surface area contributed by atoms with Gasteiger partial charge in [-0.3, -0.25) is 4.79 Å². The largest absolute Gasteiger partial charge is 0.496 e. The highest BCUT2D eigenvalue weighted by Gasteiger charge is 2.25. The molecule has 0 fully saturated rings. The zero-order chi connectivity index (χ0) is 31.6. The summed E-state index contributed by atoms with van der Waals surface area (Å²) in [6.07, 6.45) is 2.67. The lowest BCUT2D eigenvalue weighted by Crippen LogP contribution is -2.46. The van der Waals surface area contributed by atoms with Crippen LogP contribution in [0.3, 0.4) is 0 Å². The van der Waals surface area contributed by atoms with E-state index in [1.165, 1.54) is 0 Å². The van der Waals surface area contributed by atoms with Crippen molar-refractivity contribution < 1.29 is 19.1 Å². The fourth-order valence-corrected chi connectivity index (χ4v) is 5.52. The van der Waals surface area contributed by atoms with E-state index in [0.29, 0.717) is 26.1 Å². The molecule has 44 heavy (non-hydrogen) atoms. The number of nitrogens with zero attached hydrogens (tertiary/aromatic N) is 2. The number of benzene rings is 3. The van der Waals surface area contributed by atoms with Crippen molar-refractivity contribution in [1.82, 2.24) is 14.8 Å². The number of methoxy groups -OCH3 is 2. The fraction of sp³-hybridized carbons (Fsp3) is 0.389. The van der Waals surface area contributed by atoms with Crippen LogP contribution in [0.2, 0.25) is 0 Å². The number of urea groups is 1. The molecule has 1 heterocycles. The number of hydrogen-bond donors (Lipinski definition) is 2. The summed E-state index contributed by atoms with van der Waals surface area (Å²) >= 11 is 0. The van der Waals surface area contributed by atoms with Crippen LogP contribution < -0.4 is 10.1 Å². The van der Waals surface area contributed by atoms with Gasteiger partial charge < -0.3 is 29.6 Å². The summed E-state index contributed by atoms with van der Waals surface area (Å²) in [5.74, 6) is 1.01. The summed E-state index contributed by atoms with van der Waals surface area (Å²) in [7, 11) is 3.23. The Morgan fingerprint density at radius 1 is 0.818 bits per heavy atom. The predicted molar refractivity (Wildman–Crippen MR) is 178 cm³/mol. The maximum absolute atomic E-state index is 14.1. The number of amides is 3. The molecule has 3 aromatic carbocycles. The zero-order valence-electron chi connectivity index (χ0n) is 26.9. The fourth-order valence-electron chi connectivity index (χ4n) is 5.52. The number of fused-ring (bicyclic) bond motifs is 1. The summed E-state index contributed by atoms with van der Waals surface area (Å²) in [5.41, 5.74) is 6.07. The summed E-state index contributed by atoms with van der Waals surface area (Å²) in [6, 6.07) is 21.7. The smallest absolute Gasteiger partial charge is 0.322 e. The minimum atomic E-state index is -0.320. The number of aromatic nitrogens is 1. The van der Waals surface area contributed by atoms with Crippen molar-refractivity contribution in [3.8, 4) is 5.75 Å². The van der Waals surface area contributed by atoms with Crippen molar-refractivity contribution >= 4 is 28.5 Å². The Morgan fingerprint density at radius 2 is 1.50 bits per heavy atom. The second-order valence-electron chi connectivity index (χ2n) is 11.7. The highest BCUT2D eigenvalue weighted by Crippen LogP contribution is 2.32. The molecule has 0 aliphatic heterocycles. The number of hydrogen-bond acceptors (Lipinski definition) is 4. The van der Waals surface area contributed by atoms with Gasteiger partial charge in [0.15, 0.2) is 0 Å². The van der Waals surface area contributed by atoms with E-state index in [1.807, 2.05) is 59.6 Å². The zero-order valence-corrected chi connectivity index (χ0v) is 26.9. The van der Waals surface area contributed by atoms with Gasteiger partial charge in [-0.1, -0.05) is 82.3 Å². The van der Waals surface area contributed by atoms with Gasteiger partial charge in [0.2, 0.25) is 5.91 Å². The third-order valence-electron chi connectivity index (χ3n) is 8.02. The first-order chi connectivity index (χ1) is 21.2. The first kappa shape index (κ1) is 32.6. The molecule has 234 valence electrons. The predicted octanol–water partition coefficient (Wildman–Crippen LogP) is 7.18. The lowest BCUT2D eigenvalue weighted by atomic mass is 9.93. The molecule has 1 aromatic heterocycles. The van der Waals surface area contributed by atoms with Gasteiger partial charge in [-0.15, -0.1) is 0 Å². The van der Waals surface area contributed by atoms with E-state index in [-0.39, 0.29) is 36.9 Å². The summed E-state index contributed by atoms with van der Waals surface area (Å²) in [5, 5.41) is 4.32. The average molecular weight is 599 g/mol. The van der Waals surface area contributed by atoms with E-state index in [0.717, 1.165) is 44.6 Å². The van der Waals surface area contributed by atoms with E-state index >= 15 is 0 Å². The van der Waals surface area contributed by atoms with Crippen LogP contribution in [0.5, 0.6) is 5.75 Å². The van der Waals surface area contributed by atoms with E-state index in [2.05, 4.69) is 56.2 Å². The molecular weight excluding hydrogens is 552 g/mol. The number of anilines is 1. The number of carbonyl (C=O) groups is 2. The first-order valence-corrected chi connectivity index (χ1v) is 15.4. The van der Waals surface area contributed by atoms with Crippen molar-refractivity contribution in [2.45, 2.75) is 52.5 Å². The summed E-state index contributed by atoms with van der Waals surface area (Å²) in [6.45, 7) is 9.81. The van der Waals surface area contributed by atoms with Gasteiger partial charge in [0, 0.05) is 55.1 Å². The molecule has 0 saturated heterocycles. The Balaban J connectivity index is 1.59. The lowest BCUT2D eigenvalue weighted by Gasteiger charge is -2.29. The van der Waals surface area contributed by atoms with Crippen LogP contribution in [0.15, 0.2) is 72.9 Å². The molecule has 2 N–H and O–H groups in total. The number of carbonyl (C=O) groups excluding carboxylic acids is 2. The Morgan fingerprint density at radius 3 is 2.18 bits per heavy atom. The number of rotatable bonds is 14. The number of nitrogens with one attached hydrogen (secondary N) is 2. The molecule has 8 nitrogen and oxygen atoms in total. The molecular formula is C36H46N4O4. The van der Waals surface area contributed by atoms with Crippen LogP contribution in [0, 0.1) is 0 Å². The standard InChI is InChI=1S/C36H46N4O4/c1-25(2)29-14-11-15-30(26(3)4)35(29)38-36(42)40(20-21-43-5)24-34(41)39(23-28-12-7-10-17-33(28)44-6)19-18-27-22-37-32-16-9-8-13-31(27)32/h7-17,22,25-26,37H,18-21,23-24H2,1-6H3,(H,38,42). The maximum atomic E-state index is 14.1. The number of para-hydroxylation sites is 3. The quantitative estimate of drug-likeness (QED) is 0.161. The van der Waals surface area contributed by atoms with Crippen molar-refractivity contribution in [1.29, 1.82) is 0 Å². The molecule has 8 heteroatoms. The minimum Gasteiger partial charge on any atom is -0.496 e. The molecule has 0 aliphatic rings. The average Bonchev–Trinajstić information content (AvgIpc) is 3.44. The van der Waals surface area contributed by atoms with Crippen molar-refractivity contribution in [2.24, 2.45) is 0 Å². The number of aromatic amines is 1. The normalized spacial score (nSPS) is 11.3. The Hall–Kier alpha value is -4.30. The third kappa shape index (κ3) is 7.99. The molecule has 0 saturated carbocycles. The summed E-state index contributed by atoms with van der Waals surface area (Å²) < 4.78 is 10.9. The molecule has 0 atom stereocenters. The van der Waals surface area contributed by atoms with Gasteiger partial charge in [-0.25, -0.2) is 4.79 Å². The highest BCUT2D eigenvalue weighted by atomic mass is 16.5. The molecule has 0 aliphatic carbocycles. The van der Waals surface area contributed by atoms with Gasteiger partial charge in [0.05, 0.1) is 13.7 Å². The Bertz CT molecular complexity index is 1520. The molecule has 4 rings (SSSR count). The minimum absolute atomic E-state index is 0.0842. The van der Waals surface area contributed by atoms with Crippen LogP contribution in [-0.4, -0.2) is 67.2 Å². The molecule has 3 amide bonds. The molecule has 0 radical (unpaired) electrons. The Kier molecular flexibility index (Phi) is 11.4. The van der Waals surface area contributed by atoms with Gasteiger partial charge in [0.25, 0.3) is 0 Å². The van der Waals surface area contributed by atoms with Gasteiger partial charge in [-0.2, -0.15) is 0 Å². The van der Waals surface area contributed by atoms with Gasteiger partial charge in [-0.05, 0) is 47.1 Å². The summed E-state index contributed by atoms with van der Waals surface area (Å²) in [4.78, 5) is 34.6. The SMILES string of the molecule is COCCN(CC(=O)N(CCc1c[nH]c2ccccc12)Cc1ccccc1OC)C(=O)Nc1c(C(C)C)cccc1C(C)C. The highest BCUT2D eigenvalue weighted by molar-refractivity contribution is 5.94. The second-order valence-corrected chi connectivity index (χ2v) is 11.7. The van der Waals surface area contributed by atoms with Crippen molar-refractivity contribution in [2.75, 3.05) is 45.8 Å². The van der Waals surface area contributed by atoms with E-state index in [4.69, 9.17) is 9.47 Å². The topological polar surface area (TPSA) is 86.9 Å². The van der Waals surface area contributed by atoms with E-state index < -0.39 is 0 Å². The molecule has 0 bridgehead atoms. The lowest BCUT2D eigenvalue weighted by molar-refractivity contribution is -0.132. The van der Waals surface area contributed by atoms with Crippen molar-refractivity contribution in [3.05, 3.63) is 95.2 Å². The number of ether oxygens (including phenoxy) is 2. The molecule has 0 spiro atoms. The van der Waals surface area contributed by atoms with Crippen LogP contribution in [0.4, 0.5) is 10.5 Å². The molecule has 0 unspecified atom stereocenters. The first-order valence-electron chi connectivity index (χ1n) is 15.4. The van der Waals surface area contributed by atoms with Crippen LogP contribution in [0.1, 0.15) is 61.8 Å². The number of H-pyrrole nitrogens is 1. The van der Waals surface area contributed by atoms with Crippen molar-refractivity contribution in [3.63, 3.8) is 0 Å². The second kappa shape index (κ2) is 15.4.